The minimum absolute atomic E-state index is 1.09. The van der Waals surface area contributed by atoms with Gasteiger partial charge in [-0.2, -0.15) is 0 Å². The van der Waals surface area contributed by atoms with Crippen LogP contribution in [0.15, 0.2) is 24.3 Å². The number of hydrogen-bond acceptors (Lipinski definition) is 0. The normalized spacial score (nSPS) is 10.4. The Morgan fingerprint density at radius 3 is 1.57 bits per heavy atom. The molecule has 0 aliphatic heterocycles. The smallest absolute Gasteiger partial charge is 0.0222 e. The van der Waals surface area contributed by atoms with Gasteiger partial charge in [0.1, 0.15) is 0 Å². The van der Waals surface area contributed by atoms with E-state index in [2.05, 4.69) is 44.8 Å². The number of benzene rings is 1. The van der Waals surface area contributed by atoms with Gasteiger partial charge in [-0.1, -0.05) is 49.2 Å². The molecule has 0 N–H and O–H groups in total. The summed E-state index contributed by atoms with van der Waals surface area (Å²) in [6, 6.07) is 11.0. The first-order valence-electron chi connectivity index (χ1n) is 5.24. The molecule has 6 radical (unpaired) electrons. The second kappa shape index (κ2) is 7.01. The predicted octanol–water partition coefficient (Wildman–Crippen LogP) is 2.73. The fourth-order valence-electron chi connectivity index (χ4n) is 1.60. The summed E-state index contributed by atoms with van der Waals surface area (Å²) >= 11 is 0. The Labute approximate surface area is 94.0 Å². The lowest BCUT2D eigenvalue weighted by Gasteiger charge is -2.07. The van der Waals surface area contributed by atoms with E-state index in [9.17, 15) is 0 Å². The van der Waals surface area contributed by atoms with Crippen molar-refractivity contribution in [1.29, 1.82) is 0 Å². The largest absolute Gasteiger partial charge is 0.0635 e. The Bertz CT molecular complexity index is 231. The molecule has 0 aliphatic rings. The Kier molecular flexibility index (Phi) is 5.87. The van der Waals surface area contributed by atoms with Crippen LogP contribution < -0.4 is 0 Å². The second-order valence-electron chi connectivity index (χ2n) is 3.48. The molecule has 0 unspecified atom stereocenters. The van der Waals surface area contributed by atoms with Gasteiger partial charge in [0.15, 0.2) is 0 Å². The van der Waals surface area contributed by atoms with Crippen molar-refractivity contribution >= 4 is 20.5 Å². The van der Waals surface area contributed by atoms with Crippen LogP contribution in [0.5, 0.6) is 0 Å². The summed E-state index contributed by atoms with van der Waals surface area (Å²) in [6.45, 7) is 0. The molecule has 0 aliphatic carbocycles. The maximum Gasteiger partial charge on any atom is 0.0222 e. The highest BCUT2D eigenvalue weighted by molar-refractivity contribution is 6.08. The molecule has 0 atom stereocenters. The number of rotatable bonds is 6. The Morgan fingerprint density at radius 1 is 0.786 bits per heavy atom. The van der Waals surface area contributed by atoms with Crippen molar-refractivity contribution in [2.45, 2.75) is 37.8 Å². The molecule has 1 aromatic rings. The third kappa shape index (κ3) is 3.80. The van der Waals surface area contributed by atoms with Gasteiger partial charge in [-0.05, 0) is 24.0 Å². The first-order chi connectivity index (χ1) is 6.88. The molecule has 0 amide bonds. The van der Waals surface area contributed by atoms with Crippen LogP contribution in [0.2, 0.25) is 12.1 Å². The molecule has 1 rings (SSSR count). The van der Waals surface area contributed by atoms with E-state index in [1.165, 1.54) is 36.8 Å². The summed E-state index contributed by atoms with van der Waals surface area (Å²) in [5.74, 6) is 0. The van der Waals surface area contributed by atoms with Crippen LogP contribution in [0.4, 0.5) is 0 Å². The van der Waals surface area contributed by atoms with E-state index in [0.717, 1.165) is 12.1 Å². The van der Waals surface area contributed by atoms with Gasteiger partial charge in [0.05, 0.1) is 0 Å². The van der Waals surface area contributed by atoms with E-state index >= 15 is 0 Å². The van der Waals surface area contributed by atoms with E-state index < -0.39 is 0 Å². The Morgan fingerprint density at radius 2 is 1.21 bits per heavy atom. The summed E-state index contributed by atoms with van der Waals surface area (Å²) in [5.41, 5.74) is 3.04. The van der Waals surface area contributed by atoms with Gasteiger partial charge in [-0.25, -0.2) is 0 Å². The average molecular weight is 216 g/mol. The molecule has 0 aromatic heterocycles. The van der Waals surface area contributed by atoms with Gasteiger partial charge in [0.2, 0.25) is 0 Å². The fourth-order valence-corrected chi connectivity index (χ4v) is 1.96. The third-order valence-electron chi connectivity index (χ3n) is 2.36. The van der Waals surface area contributed by atoms with Crippen LogP contribution in [0.1, 0.15) is 24.0 Å². The van der Waals surface area contributed by atoms with Crippen molar-refractivity contribution in [2.75, 3.05) is 0 Å². The summed E-state index contributed by atoms with van der Waals surface area (Å²) in [5, 5.41) is 0. The molecule has 14 heavy (non-hydrogen) atoms. The van der Waals surface area contributed by atoms with E-state index in [0.29, 0.717) is 0 Å². The lowest BCUT2D eigenvalue weighted by Crippen LogP contribution is -1.94. The zero-order chi connectivity index (χ0) is 10.2. The van der Waals surface area contributed by atoms with E-state index in [1.807, 2.05) is 0 Å². The minimum atomic E-state index is 1.09. The number of hydrogen-bond donors (Lipinski definition) is 0. The molecular formula is C12H16Si2. The lowest BCUT2D eigenvalue weighted by molar-refractivity contribution is 0.859. The molecule has 0 fully saturated rings. The standard InChI is InChI=1S/C12H16Si2/c13-9-3-7-11-5-1-2-6-12(11)8-4-10-14/h1-2,5-6H,3-4,7-10H2. The molecule has 1 aromatic carbocycles. The van der Waals surface area contributed by atoms with Crippen molar-refractivity contribution < 1.29 is 0 Å². The highest BCUT2D eigenvalue weighted by Crippen LogP contribution is 2.14. The van der Waals surface area contributed by atoms with Crippen molar-refractivity contribution in [2.24, 2.45) is 0 Å². The van der Waals surface area contributed by atoms with Crippen molar-refractivity contribution in [3.8, 4) is 0 Å². The quantitative estimate of drug-likeness (QED) is 0.642. The zero-order valence-corrected chi connectivity index (χ0v) is 10.6. The SMILES string of the molecule is [Si]CCCc1ccccc1CCC[Si]. The predicted molar refractivity (Wildman–Crippen MR) is 64.2 cm³/mol. The highest BCUT2D eigenvalue weighted by Gasteiger charge is 2.00. The monoisotopic (exact) mass is 216 g/mol. The van der Waals surface area contributed by atoms with E-state index in [1.54, 1.807) is 0 Å². The van der Waals surface area contributed by atoms with Crippen LogP contribution in [0.3, 0.4) is 0 Å². The summed E-state index contributed by atoms with van der Waals surface area (Å²) < 4.78 is 0. The second-order valence-corrected chi connectivity index (χ2v) is 4.48. The molecule has 0 heterocycles. The molecule has 0 saturated carbocycles. The van der Waals surface area contributed by atoms with Gasteiger partial charge in [-0.3, -0.25) is 0 Å². The zero-order valence-electron chi connectivity index (χ0n) is 8.55. The van der Waals surface area contributed by atoms with Crippen LogP contribution in [-0.2, 0) is 12.8 Å². The van der Waals surface area contributed by atoms with E-state index in [4.69, 9.17) is 0 Å². The van der Waals surface area contributed by atoms with Gasteiger partial charge < -0.3 is 0 Å². The minimum Gasteiger partial charge on any atom is -0.0635 e. The van der Waals surface area contributed by atoms with Crippen LogP contribution >= 0.6 is 0 Å². The molecule has 72 valence electrons. The molecule has 0 spiro atoms. The molecule has 2 heteroatoms. The van der Waals surface area contributed by atoms with Crippen molar-refractivity contribution in [3.05, 3.63) is 35.4 Å². The molecule has 0 nitrogen and oxygen atoms in total. The van der Waals surface area contributed by atoms with Crippen LogP contribution in [-0.4, -0.2) is 20.5 Å². The topological polar surface area (TPSA) is 0 Å². The van der Waals surface area contributed by atoms with E-state index in [-0.39, 0.29) is 0 Å². The summed E-state index contributed by atoms with van der Waals surface area (Å²) in [4.78, 5) is 0. The van der Waals surface area contributed by atoms with Crippen LogP contribution in [0.25, 0.3) is 0 Å². The van der Waals surface area contributed by atoms with Gasteiger partial charge in [0, 0.05) is 20.5 Å². The molecule has 0 saturated heterocycles. The van der Waals surface area contributed by atoms with Gasteiger partial charge in [-0.15, -0.1) is 0 Å². The van der Waals surface area contributed by atoms with Gasteiger partial charge in [0.25, 0.3) is 0 Å². The Hall–Kier alpha value is -0.346. The average Bonchev–Trinajstić information content (AvgIpc) is 2.24. The maximum atomic E-state index is 3.52. The van der Waals surface area contributed by atoms with Crippen molar-refractivity contribution in [1.82, 2.24) is 0 Å². The van der Waals surface area contributed by atoms with Crippen molar-refractivity contribution in [3.63, 3.8) is 0 Å². The fraction of sp³-hybridized carbons (Fsp3) is 0.500. The highest BCUT2D eigenvalue weighted by atomic mass is 28.1. The maximum absolute atomic E-state index is 3.52. The Balaban J connectivity index is 2.60. The lowest BCUT2D eigenvalue weighted by atomic mass is 10.00. The first kappa shape index (κ1) is 11.7. The summed E-state index contributed by atoms with van der Waals surface area (Å²) in [6.07, 6.45) is 4.84. The first-order valence-corrected chi connectivity index (χ1v) is 6.66. The summed E-state index contributed by atoms with van der Waals surface area (Å²) in [7, 11) is 7.04. The molecular weight excluding hydrogens is 200 g/mol. The number of aryl methyl sites for hydroxylation is 2. The third-order valence-corrected chi connectivity index (χ3v) is 3.07. The molecule has 0 bridgehead atoms. The van der Waals surface area contributed by atoms with Gasteiger partial charge >= 0.3 is 0 Å². The van der Waals surface area contributed by atoms with Crippen LogP contribution in [0, 0.1) is 0 Å².